The minimum atomic E-state index is -0.538. The Bertz CT molecular complexity index is 1110. The fraction of sp³-hybridized carbons (Fsp3) is 0.320. The highest BCUT2D eigenvalue weighted by atomic mass is 19.1. The summed E-state index contributed by atoms with van der Waals surface area (Å²) < 4.78 is 15.6. The molecule has 0 unspecified atom stereocenters. The van der Waals surface area contributed by atoms with E-state index in [4.69, 9.17) is 0 Å². The molecule has 0 fully saturated rings. The van der Waals surface area contributed by atoms with Crippen LogP contribution in [0.5, 0.6) is 0 Å². The van der Waals surface area contributed by atoms with Crippen LogP contribution >= 0.6 is 0 Å². The molecule has 0 bridgehead atoms. The van der Waals surface area contributed by atoms with E-state index in [2.05, 4.69) is 15.7 Å². The van der Waals surface area contributed by atoms with Crippen LogP contribution in [-0.4, -0.2) is 39.7 Å². The molecule has 2 aromatic carbocycles. The monoisotopic (exact) mass is 451 g/mol. The van der Waals surface area contributed by atoms with Crippen molar-refractivity contribution in [2.75, 3.05) is 23.7 Å². The third kappa shape index (κ3) is 6.19. The van der Waals surface area contributed by atoms with Gasteiger partial charge in [-0.3, -0.25) is 4.79 Å². The van der Waals surface area contributed by atoms with Gasteiger partial charge in [0.15, 0.2) is 0 Å². The van der Waals surface area contributed by atoms with E-state index in [9.17, 15) is 14.0 Å². The first kappa shape index (κ1) is 24.0. The lowest BCUT2D eigenvalue weighted by Crippen LogP contribution is -2.41. The summed E-state index contributed by atoms with van der Waals surface area (Å²) in [4.78, 5) is 27.0. The zero-order valence-corrected chi connectivity index (χ0v) is 19.4. The normalized spacial score (nSPS) is 11.2. The number of nitrogens with one attached hydrogen (secondary N) is 2. The van der Waals surface area contributed by atoms with Crippen molar-refractivity contribution < 1.29 is 14.0 Å². The molecule has 3 rings (SSSR count). The number of amides is 3. The predicted molar refractivity (Wildman–Crippen MR) is 128 cm³/mol. The smallest absolute Gasteiger partial charge is 0.315 e. The SMILES string of the molecule is CCCN(CC(=O)Nc1cc(C(C)(C)C)nn1-c1ccccc1)C(=O)Nc1ccccc1F. The van der Waals surface area contributed by atoms with Crippen LogP contribution in [0.25, 0.3) is 5.69 Å². The molecule has 3 amide bonds. The van der Waals surface area contributed by atoms with Gasteiger partial charge in [-0.1, -0.05) is 58.0 Å². The molecule has 0 atom stereocenters. The molecule has 1 heterocycles. The number of rotatable bonds is 7. The number of nitrogens with zero attached hydrogens (tertiary/aromatic N) is 3. The van der Waals surface area contributed by atoms with Crippen molar-refractivity contribution in [3.05, 3.63) is 72.2 Å². The van der Waals surface area contributed by atoms with Crippen LogP contribution in [0.2, 0.25) is 0 Å². The van der Waals surface area contributed by atoms with Crippen LogP contribution < -0.4 is 10.6 Å². The Morgan fingerprint density at radius 3 is 2.33 bits per heavy atom. The molecule has 3 aromatic rings. The van der Waals surface area contributed by atoms with Gasteiger partial charge in [-0.25, -0.2) is 13.9 Å². The van der Waals surface area contributed by atoms with Crippen LogP contribution in [0.3, 0.4) is 0 Å². The third-order valence-corrected chi connectivity index (χ3v) is 4.98. The maximum Gasteiger partial charge on any atom is 0.322 e. The number of hydrogen-bond acceptors (Lipinski definition) is 3. The molecule has 33 heavy (non-hydrogen) atoms. The Balaban J connectivity index is 1.78. The quantitative estimate of drug-likeness (QED) is 0.519. The number of benzene rings is 2. The lowest BCUT2D eigenvalue weighted by atomic mass is 9.92. The molecule has 0 radical (unpaired) electrons. The van der Waals surface area contributed by atoms with Gasteiger partial charge in [-0.15, -0.1) is 0 Å². The van der Waals surface area contributed by atoms with Gasteiger partial charge < -0.3 is 15.5 Å². The minimum absolute atomic E-state index is 0.0704. The molecule has 0 saturated carbocycles. The second-order valence-corrected chi connectivity index (χ2v) is 8.79. The molecular weight excluding hydrogens is 421 g/mol. The summed E-state index contributed by atoms with van der Waals surface area (Å²) >= 11 is 0. The van der Waals surface area contributed by atoms with Crippen molar-refractivity contribution in [3.8, 4) is 5.69 Å². The zero-order valence-electron chi connectivity index (χ0n) is 19.4. The van der Waals surface area contributed by atoms with Gasteiger partial charge in [-0.2, -0.15) is 5.10 Å². The highest BCUT2D eigenvalue weighted by Gasteiger charge is 2.23. The molecule has 0 aliphatic carbocycles. The summed E-state index contributed by atoms with van der Waals surface area (Å²) in [5, 5.41) is 10.1. The fourth-order valence-electron chi connectivity index (χ4n) is 3.24. The minimum Gasteiger partial charge on any atom is -0.315 e. The maximum absolute atomic E-state index is 13.9. The number of halogens is 1. The van der Waals surface area contributed by atoms with E-state index in [-0.39, 0.29) is 23.6 Å². The number of para-hydroxylation sites is 2. The standard InChI is InChI=1S/C25H30FN5O2/c1-5-15-30(24(33)27-20-14-10-9-13-19(20)26)17-23(32)28-22-16-21(25(2,3)4)29-31(22)18-11-7-6-8-12-18/h6-14,16H,5,15,17H2,1-4H3,(H,27,33)(H,28,32). The van der Waals surface area contributed by atoms with E-state index >= 15 is 0 Å². The molecule has 0 aliphatic heterocycles. The van der Waals surface area contributed by atoms with Gasteiger partial charge in [0.25, 0.3) is 0 Å². The largest absolute Gasteiger partial charge is 0.322 e. The fourth-order valence-corrected chi connectivity index (χ4v) is 3.24. The van der Waals surface area contributed by atoms with Gasteiger partial charge >= 0.3 is 6.03 Å². The van der Waals surface area contributed by atoms with Crippen molar-refractivity contribution in [2.45, 2.75) is 39.5 Å². The molecule has 8 heteroatoms. The lowest BCUT2D eigenvalue weighted by molar-refractivity contribution is -0.116. The summed E-state index contributed by atoms with van der Waals surface area (Å²) in [6.45, 7) is 8.21. The van der Waals surface area contributed by atoms with Crippen LogP contribution in [0.4, 0.5) is 20.7 Å². The van der Waals surface area contributed by atoms with Gasteiger partial charge in [0.2, 0.25) is 5.91 Å². The molecular formula is C25H30FN5O2. The molecule has 2 N–H and O–H groups in total. The van der Waals surface area contributed by atoms with E-state index in [0.29, 0.717) is 18.8 Å². The molecule has 174 valence electrons. The Morgan fingerprint density at radius 1 is 1.03 bits per heavy atom. The number of carbonyl (C=O) groups is 2. The molecule has 0 aliphatic rings. The maximum atomic E-state index is 13.9. The number of urea groups is 1. The molecule has 0 saturated heterocycles. The zero-order chi connectivity index (χ0) is 24.0. The molecule has 7 nitrogen and oxygen atoms in total. The Kier molecular flexibility index (Phi) is 7.48. The van der Waals surface area contributed by atoms with Gasteiger partial charge in [-0.05, 0) is 30.7 Å². The van der Waals surface area contributed by atoms with E-state index in [1.165, 1.54) is 17.0 Å². The molecule has 1 aromatic heterocycles. The van der Waals surface area contributed by atoms with E-state index in [0.717, 1.165) is 11.4 Å². The highest BCUT2D eigenvalue weighted by Crippen LogP contribution is 2.26. The summed E-state index contributed by atoms with van der Waals surface area (Å²) in [6.07, 6.45) is 0.647. The summed E-state index contributed by atoms with van der Waals surface area (Å²) in [5.74, 6) is -0.389. The lowest BCUT2D eigenvalue weighted by Gasteiger charge is -2.22. The van der Waals surface area contributed by atoms with Crippen LogP contribution in [0.15, 0.2) is 60.7 Å². The van der Waals surface area contributed by atoms with Crippen LogP contribution in [0.1, 0.15) is 39.8 Å². The van der Waals surface area contributed by atoms with Gasteiger partial charge in [0.05, 0.1) is 17.1 Å². The van der Waals surface area contributed by atoms with Crippen molar-refractivity contribution in [3.63, 3.8) is 0 Å². The number of aromatic nitrogens is 2. The van der Waals surface area contributed by atoms with Crippen molar-refractivity contribution >= 4 is 23.4 Å². The van der Waals surface area contributed by atoms with E-state index in [1.54, 1.807) is 16.8 Å². The van der Waals surface area contributed by atoms with Crippen molar-refractivity contribution in [2.24, 2.45) is 0 Å². The highest BCUT2D eigenvalue weighted by molar-refractivity contribution is 5.96. The predicted octanol–water partition coefficient (Wildman–Crippen LogP) is 5.19. The number of carbonyl (C=O) groups excluding carboxylic acids is 2. The first-order chi connectivity index (χ1) is 15.7. The Hall–Kier alpha value is -3.68. The van der Waals surface area contributed by atoms with Crippen LogP contribution in [-0.2, 0) is 10.2 Å². The number of anilines is 2. The first-order valence-electron chi connectivity index (χ1n) is 11.0. The Labute approximate surface area is 193 Å². The average Bonchev–Trinajstić information content (AvgIpc) is 3.20. The summed E-state index contributed by atoms with van der Waals surface area (Å²) in [5.41, 5.74) is 1.49. The van der Waals surface area contributed by atoms with Crippen molar-refractivity contribution in [1.82, 2.24) is 14.7 Å². The first-order valence-corrected chi connectivity index (χ1v) is 11.0. The summed E-state index contributed by atoms with van der Waals surface area (Å²) in [6, 6.07) is 16.7. The van der Waals surface area contributed by atoms with E-state index in [1.807, 2.05) is 64.1 Å². The third-order valence-electron chi connectivity index (χ3n) is 4.98. The van der Waals surface area contributed by atoms with Crippen LogP contribution in [0, 0.1) is 5.82 Å². The Morgan fingerprint density at radius 2 is 1.70 bits per heavy atom. The second kappa shape index (κ2) is 10.3. The average molecular weight is 452 g/mol. The van der Waals surface area contributed by atoms with Crippen molar-refractivity contribution in [1.29, 1.82) is 0 Å². The molecule has 0 spiro atoms. The topological polar surface area (TPSA) is 79.3 Å². The van der Waals surface area contributed by atoms with Gasteiger partial charge in [0.1, 0.15) is 18.2 Å². The second-order valence-electron chi connectivity index (χ2n) is 8.79. The van der Waals surface area contributed by atoms with E-state index < -0.39 is 11.8 Å². The van der Waals surface area contributed by atoms with Gasteiger partial charge in [0, 0.05) is 18.0 Å². The number of hydrogen-bond donors (Lipinski definition) is 2. The summed E-state index contributed by atoms with van der Waals surface area (Å²) in [7, 11) is 0.